The van der Waals surface area contributed by atoms with E-state index in [1.54, 1.807) is 6.92 Å². The molecular formula is C24H34N6O. The minimum atomic E-state index is 0.0503. The molecule has 3 aromatic rings. The van der Waals surface area contributed by atoms with Crippen molar-refractivity contribution >= 4 is 34.4 Å². The van der Waals surface area contributed by atoms with Gasteiger partial charge in [-0.25, -0.2) is 9.97 Å². The normalized spacial score (nSPS) is 11.1. The maximum absolute atomic E-state index is 11.5. The van der Waals surface area contributed by atoms with Crippen molar-refractivity contribution in [2.24, 2.45) is 5.73 Å². The number of Topliss-reactive ketones (excluding diaryl/α,β-unsaturated/α-hetero) is 1. The Labute approximate surface area is 184 Å². The molecule has 0 bridgehead atoms. The second-order valence-corrected chi connectivity index (χ2v) is 7.84. The maximum Gasteiger partial charge on any atom is 0.209 e. The van der Waals surface area contributed by atoms with Gasteiger partial charge in [0.1, 0.15) is 11.3 Å². The molecule has 0 saturated heterocycles. The first-order valence-electron chi connectivity index (χ1n) is 11.3. The summed E-state index contributed by atoms with van der Waals surface area (Å²) in [6.45, 7) is 9.12. The number of unbranched alkanes of at least 4 members (excludes halogenated alkanes) is 2. The predicted octanol–water partition coefficient (Wildman–Crippen LogP) is 4.74. The van der Waals surface area contributed by atoms with E-state index in [-0.39, 0.29) is 5.78 Å². The van der Waals surface area contributed by atoms with Gasteiger partial charge in [-0.3, -0.25) is 9.36 Å². The van der Waals surface area contributed by atoms with Gasteiger partial charge in [0.2, 0.25) is 5.95 Å². The van der Waals surface area contributed by atoms with Gasteiger partial charge in [-0.1, -0.05) is 26.7 Å². The van der Waals surface area contributed by atoms with Crippen LogP contribution in [0.25, 0.3) is 11.2 Å². The Hall–Kier alpha value is -2.93. The Bertz CT molecular complexity index is 987. The smallest absolute Gasteiger partial charge is 0.209 e. The molecule has 3 N–H and O–H groups in total. The predicted molar refractivity (Wildman–Crippen MR) is 128 cm³/mol. The van der Waals surface area contributed by atoms with E-state index in [1.165, 1.54) is 0 Å². The van der Waals surface area contributed by atoms with E-state index in [0.717, 1.165) is 61.4 Å². The zero-order chi connectivity index (χ0) is 22.2. The van der Waals surface area contributed by atoms with Crippen molar-refractivity contribution in [3.63, 3.8) is 0 Å². The SMILES string of the molecule is CCCCN(CCCC)c1ccc2nc(Nc3ccc(C(C)=O)cc3)n(CCN)c2n1. The number of ketones is 1. The van der Waals surface area contributed by atoms with Crippen molar-refractivity contribution in [3.05, 3.63) is 42.0 Å². The molecule has 31 heavy (non-hydrogen) atoms. The number of nitrogens with two attached hydrogens (primary N) is 1. The fourth-order valence-electron chi connectivity index (χ4n) is 3.56. The quantitative estimate of drug-likeness (QED) is 0.410. The summed E-state index contributed by atoms with van der Waals surface area (Å²) in [4.78, 5) is 23.6. The summed E-state index contributed by atoms with van der Waals surface area (Å²) >= 11 is 0. The van der Waals surface area contributed by atoms with Gasteiger partial charge in [0.05, 0.1) is 0 Å². The number of carbonyl (C=O) groups is 1. The van der Waals surface area contributed by atoms with Crippen molar-refractivity contribution in [3.8, 4) is 0 Å². The van der Waals surface area contributed by atoms with Crippen LogP contribution in [0.3, 0.4) is 0 Å². The summed E-state index contributed by atoms with van der Waals surface area (Å²) in [6.07, 6.45) is 4.61. The summed E-state index contributed by atoms with van der Waals surface area (Å²) in [5.74, 6) is 1.74. The van der Waals surface area contributed by atoms with Gasteiger partial charge in [-0.2, -0.15) is 0 Å². The number of benzene rings is 1. The molecule has 0 atom stereocenters. The Balaban J connectivity index is 1.93. The van der Waals surface area contributed by atoms with Crippen LogP contribution in [-0.4, -0.2) is 40.0 Å². The lowest BCUT2D eigenvalue weighted by Gasteiger charge is -2.23. The number of anilines is 3. The number of hydrogen-bond donors (Lipinski definition) is 2. The van der Waals surface area contributed by atoms with Gasteiger partial charge in [0, 0.05) is 37.4 Å². The van der Waals surface area contributed by atoms with E-state index >= 15 is 0 Å². The highest BCUT2D eigenvalue weighted by atomic mass is 16.1. The lowest BCUT2D eigenvalue weighted by Crippen LogP contribution is -2.26. The van der Waals surface area contributed by atoms with Crippen LogP contribution in [0.4, 0.5) is 17.5 Å². The highest BCUT2D eigenvalue weighted by molar-refractivity contribution is 5.94. The van der Waals surface area contributed by atoms with E-state index in [9.17, 15) is 4.79 Å². The second-order valence-electron chi connectivity index (χ2n) is 7.84. The maximum atomic E-state index is 11.5. The molecule has 7 nitrogen and oxygen atoms in total. The molecule has 0 unspecified atom stereocenters. The number of pyridine rings is 1. The molecule has 7 heteroatoms. The summed E-state index contributed by atoms with van der Waals surface area (Å²) in [5.41, 5.74) is 9.13. The zero-order valence-corrected chi connectivity index (χ0v) is 18.9. The van der Waals surface area contributed by atoms with Crippen molar-refractivity contribution in [1.29, 1.82) is 0 Å². The third kappa shape index (κ3) is 5.61. The van der Waals surface area contributed by atoms with E-state index in [2.05, 4.69) is 30.1 Å². The largest absolute Gasteiger partial charge is 0.357 e. The second kappa shape index (κ2) is 10.9. The number of imidazole rings is 1. The molecule has 0 saturated carbocycles. The van der Waals surface area contributed by atoms with E-state index in [0.29, 0.717) is 24.6 Å². The van der Waals surface area contributed by atoms with Crippen LogP contribution in [0.2, 0.25) is 0 Å². The van der Waals surface area contributed by atoms with Gasteiger partial charge >= 0.3 is 0 Å². The topological polar surface area (TPSA) is 89.1 Å². The van der Waals surface area contributed by atoms with Crippen molar-refractivity contribution in [1.82, 2.24) is 14.5 Å². The molecule has 166 valence electrons. The first-order valence-corrected chi connectivity index (χ1v) is 11.3. The summed E-state index contributed by atoms with van der Waals surface area (Å²) < 4.78 is 2.04. The zero-order valence-electron chi connectivity index (χ0n) is 18.9. The number of rotatable bonds is 12. The van der Waals surface area contributed by atoms with Gasteiger partial charge in [-0.15, -0.1) is 0 Å². The third-order valence-electron chi connectivity index (χ3n) is 5.36. The fourth-order valence-corrected chi connectivity index (χ4v) is 3.56. The molecule has 1 aromatic carbocycles. The van der Waals surface area contributed by atoms with E-state index in [1.807, 2.05) is 34.9 Å². The van der Waals surface area contributed by atoms with Crippen molar-refractivity contribution < 1.29 is 4.79 Å². The minimum absolute atomic E-state index is 0.0503. The summed E-state index contributed by atoms with van der Waals surface area (Å²) in [5, 5.41) is 3.36. The van der Waals surface area contributed by atoms with Gasteiger partial charge < -0.3 is 16.0 Å². The van der Waals surface area contributed by atoms with Crippen molar-refractivity contribution in [2.75, 3.05) is 29.9 Å². The van der Waals surface area contributed by atoms with Crippen molar-refractivity contribution in [2.45, 2.75) is 53.0 Å². The van der Waals surface area contributed by atoms with Crippen LogP contribution in [0, 0.1) is 0 Å². The number of hydrogen-bond acceptors (Lipinski definition) is 6. The minimum Gasteiger partial charge on any atom is -0.357 e. The Kier molecular flexibility index (Phi) is 8.00. The lowest BCUT2D eigenvalue weighted by molar-refractivity contribution is 0.101. The molecular weight excluding hydrogens is 388 g/mol. The molecule has 2 aromatic heterocycles. The van der Waals surface area contributed by atoms with Crippen LogP contribution in [-0.2, 0) is 6.54 Å². The van der Waals surface area contributed by atoms with E-state index < -0.39 is 0 Å². The monoisotopic (exact) mass is 422 g/mol. The van der Waals surface area contributed by atoms with Gasteiger partial charge in [-0.05, 0) is 56.2 Å². The van der Waals surface area contributed by atoms with Gasteiger partial charge in [0.25, 0.3) is 0 Å². The molecule has 0 amide bonds. The Morgan fingerprint density at radius 1 is 1.03 bits per heavy atom. The average molecular weight is 423 g/mol. The van der Waals surface area contributed by atoms with Crippen LogP contribution < -0.4 is 16.0 Å². The highest BCUT2D eigenvalue weighted by Crippen LogP contribution is 2.25. The molecule has 0 aliphatic heterocycles. The van der Waals surface area contributed by atoms with Crippen LogP contribution >= 0.6 is 0 Å². The molecule has 0 radical (unpaired) electrons. The molecule has 2 heterocycles. The first-order chi connectivity index (χ1) is 15.1. The van der Waals surface area contributed by atoms with Gasteiger partial charge in [0.15, 0.2) is 11.4 Å². The number of carbonyl (C=O) groups excluding carboxylic acids is 1. The third-order valence-corrected chi connectivity index (χ3v) is 5.36. The molecule has 3 rings (SSSR count). The van der Waals surface area contributed by atoms with Crippen LogP contribution in [0.1, 0.15) is 56.8 Å². The number of aromatic nitrogens is 3. The number of nitrogens with one attached hydrogen (secondary N) is 1. The fraction of sp³-hybridized carbons (Fsp3) is 0.458. The number of nitrogens with zero attached hydrogens (tertiary/aromatic N) is 4. The summed E-state index contributed by atoms with van der Waals surface area (Å²) in [7, 11) is 0. The molecule has 0 spiro atoms. The molecule has 0 aliphatic carbocycles. The van der Waals surface area contributed by atoms with E-state index in [4.69, 9.17) is 15.7 Å². The Morgan fingerprint density at radius 2 is 1.71 bits per heavy atom. The summed E-state index contributed by atoms with van der Waals surface area (Å²) in [6, 6.07) is 11.5. The standard InChI is InChI=1S/C24H34N6O/c1-4-6-15-29(16-7-5-2)22-13-12-21-23(28-22)30(17-14-25)24(27-21)26-20-10-8-19(9-11-20)18(3)31/h8-13H,4-7,14-17,25H2,1-3H3,(H,26,27). The highest BCUT2D eigenvalue weighted by Gasteiger charge is 2.15. The van der Waals surface area contributed by atoms with Crippen LogP contribution in [0.5, 0.6) is 0 Å². The Morgan fingerprint density at radius 3 is 2.29 bits per heavy atom. The number of fused-ring (bicyclic) bond motifs is 1. The van der Waals surface area contributed by atoms with Crippen LogP contribution in [0.15, 0.2) is 36.4 Å². The molecule has 0 fully saturated rings. The lowest BCUT2D eigenvalue weighted by atomic mass is 10.1. The average Bonchev–Trinajstić information content (AvgIpc) is 3.11. The molecule has 0 aliphatic rings. The first kappa shape index (κ1) is 22.7.